The van der Waals surface area contributed by atoms with Crippen LogP contribution in [-0.2, 0) is 21.4 Å². The van der Waals surface area contributed by atoms with Gasteiger partial charge in [-0.1, -0.05) is 12.1 Å². The number of piperidine rings is 1. The van der Waals surface area contributed by atoms with Crippen LogP contribution in [0.15, 0.2) is 35.5 Å². The van der Waals surface area contributed by atoms with Gasteiger partial charge in [-0.25, -0.2) is 13.4 Å². The molecule has 0 atom stereocenters. The van der Waals surface area contributed by atoms with E-state index in [2.05, 4.69) is 4.98 Å². The van der Waals surface area contributed by atoms with Crippen molar-refractivity contribution in [1.82, 2.24) is 23.7 Å². The maximum atomic E-state index is 13.4. The van der Waals surface area contributed by atoms with E-state index in [4.69, 9.17) is 0 Å². The van der Waals surface area contributed by atoms with E-state index >= 15 is 0 Å². The van der Waals surface area contributed by atoms with Gasteiger partial charge in [0.1, 0.15) is 11.2 Å². The number of imidazole rings is 1. The van der Waals surface area contributed by atoms with E-state index in [1.54, 1.807) is 41.8 Å². The van der Waals surface area contributed by atoms with Crippen molar-refractivity contribution in [3.8, 4) is 5.69 Å². The van der Waals surface area contributed by atoms with Crippen molar-refractivity contribution < 1.29 is 18.0 Å². The molecule has 9 nitrogen and oxygen atoms in total. The molecule has 2 aliphatic rings. The quantitative estimate of drug-likeness (QED) is 0.725. The number of benzene rings is 1. The number of para-hydroxylation sites is 1. The topological polar surface area (TPSA) is 95.8 Å². The number of likely N-dealkylation sites (N-methyl/N-ethyl adjacent to an activating group) is 1. The number of amides is 2. The number of aromatic nitrogens is 2. The molecule has 1 aromatic heterocycles. The van der Waals surface area contributed by atoms with Crippen LogP contribution in [0.1, 0.15) is 35.4 Å². The van der Waals surface area contributed by atoms with Crippen molar-refractivity contribution in [3.05, 3.63) is 42.0 Å². The molecule has 2 amide bonds. The lowest BCUT2D eigenvalue weighted by Gasteiger charge is -2.26. The van der Waals surface area contributed by atoms with Crippen molar-refractivity contribution in [1.29, 1.82) is 0 Å². The first kappa shape index (κ1) is 20.5. The number of sulfonamides is 1. The molecular weight excluding hydrogens is 406 g/mol. The number of carbonyl (C=O) groups is 2. The Morgan fingerprint density at radius 1 is 1.10 bits per heavy atom. The Kier molecular flexibility index (Phi) is 5.37. The SMILES string of the molecule is CN(C)C(=O)CN1Cc2c(C(=O)N3CCCCC3)ncn2-c2ccccc2S1(=O)=O. The van der Waals surface area contributed by atoms with Crippen LogP contribution in [0.4, 0.5) is 0 Å². The van der Waals surface area contributed by atoms with Crippen LogP contribution in [0.5, 0.6) is 0 Å². The minimum atomic E-state index is -3.94. The van der Waals surface area contributed by atoms with Gasteiger partial charge in [0.05, 0.1) is 24.5 Å². The van der Waals surface area contributed by atoms with Crippen molar-refractivity contribution in [2.45, 2.75) is 30.7 Å². The van der Waals surface area contributed by atoms with E-state index in [9.17, 15) is 18.0 Å². The molecule has 0 spiro atoms. The van der Waals surface area contributed by atoms with Crippen LogP contribution in [0.3, 0.4) is 0 Å². The Morgan fingerprint density at radius 3 is 2.50 bits per heavy atom. The van der Waals surface area contributed by atoms with Gasteiger partial charge in [-0.15, -0.1) is 0 Å². The van der Waals surface area contributed by atoms with Gasteiger partial charge >= 0.3 is 0 Å². The fourth-order valence-electron chi connectivity index (χ4n) is 3.86. The highest BCUT2D eigenvalue weighted by Gasteiger charge is 2.36. The highest BCUT2D eigenvalue weighted by molar-refractivity contribution is 7.89. The van der Waals surface area contributed by atoms with Crippen molar-refractivity contribution in [3.63, 3.8) is 0 Å². The second kappa shape index (κ2) is 7.84. The van der Waals surface area contributed by atoms with E-state index in [0.29, 0.717) is 24.5 Å². The number of carbonyl (C=O) groups excluding carboxylic acids is 2. The summed E-state index contributed by atoms with van der Waals surface area (Å²) in [6.45, 7) is 0.920. The molecule has 1 aromatic carbocycles. The molecular formula is C20H25N5O4S. The third-order valence-electron chi connectivity index (χ3n) is 5.59. The normalized spacial score (nSPS) is 18.3. The van der Waals surface area contributed by atoms with E-state index < -0.39 is 10.0 Å². The molecule has 30 heavy (non-hydrogen) atoms. The van der Waals surface area contributed by atoms with Crippen LogP contribution < -0.4 is 0 Å². The minimum absolute atomic E-state index is 0.0877. The lowest BCUT2D eigenvalue weighted by Crippen LogP contribution is -2.40. The largest absolute Gasteiger partial charge is 0.348 e. The van der Waals surface area contributed by atoms with Crippen LogP contribution in [0, 0.1) is 0 Å². The molecule has 0 saturated carbocycles. The number of hydrogen-bond donors (Lipinski definition) is 0. The van der Waals surface area contributed by atoms with Crippen LogP contribution in [0.2, 0.25) is 0 Å². The molecule has 1 saturated heterocycles. The molecule has 0 aliphatic carbocycles. The lowest BCUT2D eigenvalue weighted by molar-refractivity contribution is -0.128. The summed E-state index contributed by atoms with van der Waals surface area (Å²) in [5.74, 6) is -0.535. The smallest absolute Gasteiger partial charge is 0.274 e. The van der Waals surface area contributed by atoms with Crippen LogP contribution in [-0.4, -0.2) is 77.6 Å². The predicted octanol–water partition coefficient (Wildman–Crippen LogP) is 1.09. The molecule has 10 heteroatoms. The highest BCUT2D eigenvalue weighted by Crippen LogP contribution is 2.31. The maximum Gasteiger partial charge on any atom is 0.274 e. The van der Waals surface area contributed by atoms with E-state index in [1.165, 1.54) is 17.3 Å². The summed E-state index contributed by atoms with van der Waals surface area (Å²) in [5.41, 5.74) is 1.15. The number of rotatable bonds is 3. The molecule has 0 N–H and O–H groups in total. The molecule has 0 bridgehead atoms. The molecule has 1 fully saturated rings. The average molecular weight is 432 g/mol. The first-order valence-electron chi connectivity index (χ1n) is 9.96. The van der Waals surface area contributed by atoms with Gasteiger partial charge in [0.15, 0.2) is 5.69 Å². The third-order valence-corrected chi connectivity index (χ3v) is 7.43. The molecule has 3 heterocycles. The van der Waals surface area contributed by atoms with Crippen molar-refractivity contribution in [2.75, 3.05) is 33.7 Å². The summed E-state index contributed by atoms with van der Waals surface area (Å²) in [4.78, 5) is 33.1. The monoisotopic (exact) mass is 431 g/mol. The fraction of sp³-hybridized carbons (Fsp3) is 0.450. The summed E-state index contributed by atoms with van der Waals surface area (Å²) in [7, 11) is -0.781. The Morgan fingerprint density at radius 2 is 1.80 bits per heavy atom. The van der Waals surface area contributed by atoms with Crippen LogP contribution >= 0.6 is 0 Å². The van der Waals surface area contributed by atoms with Gasteiger partial charge in [0, 0.05) is 27.2 Å². The Labute approximate surface area is 175 Å². The standard InChI is InChI=1S/C20H25N5O4S/c1-22(2)18(26)13-24-12-16-19(20(27)23-10-6-3-7-11-23)21-14-25(16)15-8-4-5-9-17(15)30(24,28)29/h4-5,8-9,14H,3,6-7,10-13H2,1-2H3. The summed E-state index contributed by atoms with van der Waals surface area (Å²) >= 11 is 0. The average Bonchev–Trinajstić information content (AvgIpc) is 3.13. The predicted molar refractivity (Wildman–Crippen MR) is 110 cm³/mol. The fourth-order valence-corrected chi connectivity index (χ4v) is 5.39. The van der Waals surface area contributed by atoms with Gasteiger partial charge in [0.2, 0.25) is 15.9 Å². The van der Waals surface area contributed by atoms with Gasteiger partial charge in [0.25, 0.3) is 5.91 Å². The second-order valence-corrected chi connectivity index (χ2v) is 9.70. The molecule has 160 valence electrons. The van der Waals surface area contributed by atoms with E-state index in [1.807, 2.05) is 0 Å². The molecule has 4 rings (SSSR count). The molecule has 0 unspecified atom stereocenters. The summed E-state index contributed by atoms with van der Waals surface area (Å²) in [5, 5.41) is 0. The number of likely N-dealkylation sites (tertiary alicyclic amines) is 1. The zero-order valence-electron chi connectivity index (χ0n) is 17.1. The highest BCUT2D eigenvalue weighted by atomic mass is 32.2. The first-order chi connectivity index (χ1) is 14.3. The summed E-state index contributed by atoms with van der Waals surface area (Å²) < 4.78 is 29.5. The van der Waals surface area contributed by atoms with Gasteiger partial charge in [-0.3, -0.25) is 14.2 Å². The first-order valence-corrected chi connectivity index (χ1v) is 11.4. The number of fused-ring (bicyclic) bond motifs is 3. The summed E-state index contributed by atoms with van der Waals surface area (Å²) in [6.07, 6.45) is 4.49. The number of hydrogen-bond acceptors (Lipinski definition) is 5. The van der Waals surface area contributed by atoms with Gasteiger partial charge in [-0.05, 0) is 31.4 Å². The maximum absolute atomic E-state index is 13.4. The lowest BCUT2D eigenvalue weighted by atomic mass is 10.1. The molecule has 2 aromatic rings. The Balaban J connectivity index is 1.82. The second-order valence-electron chi connectivity index (χ2n) is 7.79. The Bertz CT molecular complexity index is 1090. The van der Waals surface area contributed by atoms with Gasteiger partial charge < -0.3 is 9.80 Å². The van der Waals surface area contributed by atoms with E-state index in [0.717, 1.165) is 23.6 Å². The van der Waals surface area contributed by atoms with Gasteiger partial charge in [-0.2, -0.15) is 4.31 Å². The van der Waals surface area contributed by atoms with Crippen molar-refractivity contribution >= 4 is 21.8 Å². The molecule has 2 aliphatic heterocycles. The van der Waals surface area contributed by atoms with Crippen LogP contribution in [0.25, 0.3) is 5.69 Å². The zero-order valence-corrected chi connectivity index (χ0v) is 17.9. The summed E-state index contributed by atoms with van der Waals surface area (Å²) in [6, 6.07) is 6.58. The van der Waals surface area contributed by atoms with E-state index in [-0.39, 0.29) is 35.5 Å². The zero-order chi connectivity index (χ0) is 21.5. The third kappa shape index (κ3) is 3.50. The minimum Gasteiger partial charge on any atom is -0.348 e. The van der Waals surface area contributed by atoms with Crippen molar-refractivity contribution in [2.24, 2.45) is 0 Å². The molecule has 0 radical (unpaired) electrons. The number of nitrogens with zero attached hydrogens (tertiary/aromatic N) is 5. The Hall–Kier alpha value is -2.72.